The van der Waals surface area contributed by atoms with Gasteiger partial charge in [-0.2, -0.15) is 0 Å². The maximum atomic E-state index is 13.9. The first-order valence-electron chi connectivity index (χ1n) is 10.1. The molecule has 0 spiro atoms. The lowest BCUT2D eigenvalue weighted by Crippen LogP contribution is -2.32. The van der Waals surface area contributed by atoms with Crippen molar-refractivity contribution < 1.29 is 18.7 Å². The number of amides is 1. The summed E-state index contributed by atoms with van der Waals surface area (Å²) >= 11 is 0. The number of carbonyl (C=O) groups is 1. The van der Waals surface area contributed by atoms with Crippen LogP contribution in [0, 0.1) is 5.82 Å². The fourth-order valence-electron chi connectivity index (χ4n) is 3.35. The lowest BCUT2D eigenvalue weighted by molar-refractivity contribution is -0.115. The van der Waals surface area contributed by atoms with Crippen molar-refractivity contribution >= 4 is 11.6 Å². The van der Waals surface area contributed by atoms with Crippen molar-refractivity contribution in [2.45, 2.75) is 19.4 Å². The van der Waals surface area contributed by atoms with E-state index in [0.29, 0.717) is 17.2 Å². The number of halogens is 1. The zero-order valence-electron chi connectivity index (χ0n) is 17.9. The summed E-state index contributed by atoms with van der Waals surface area (Å²) < 4.78 is 24.4. The topological polar surface area (TPSA) is 59.6 Å². The molecule has 3 rings (SSSR count). The molecule has 6 heteroatoms. The number of methoxy groups -OCH3 is 2. The SMILES string of the molecule is CCc1ccc([C@@H](NCC(=O)Nc2ccc(OC)cc2OC)c2cccc(F)c2)cc1. The van der Waals surface area contributed by atoms with Gasteiger partial charge in [-0.3, -0.25) is 10.1 Å². The van der Waals surface area contributed by atoms with Gasteiger partial charge in [0.05, 0.1) is 32.5 Å². The quantitative estimate of drug-likeness (QED) is 0.524. The first-order valence-corrected chi connectivity index (χ1v) is 10.1. The van der Waals surface area contributed by atoms with Gasteiger partial charge < -0.3 is 14.8 Å². The third-order valence-corrected chi connectivity index (χ3v) is 5.05. The number of hydrogen-bond acceptors (Lipinski definition) is 4. The van der Waals surface area contributed by atoms with E-state index in [1.54, 1.807) is 31.4 Å². The van der Waals surface area contributed by atoms with Gasteiger partial charge in [-0.1, -0.05) is 43.3 Å². The molecule has 2 N–H and O–H groups in total. The summed E-state index contributed by atoms with van der Waals surface area (Å²) in [6, 6.07) is 19.4. The minimum Gasteiger partial charge on any atom is -0.497 e. The summed E-state index contributed by atoms with van der Waals surface area (Å²) in [6.07, 6.45) is 0.935. The molecule has 0 bridgehead atoms. The summed E-state index contributed by atoms with van der Waals surface area (Å²) in [7, 11) is 3.10. The summed E-state index contributed by atoms with van der Waals surface area (Å²) in [6.45, 7) is 2.13. The lowest BCUT2D eigenvalue weighted by Gasteiger charge is -2.20. The van der Waals surface area contributed by atoms with E-state index in [1.807, 2.05) is 30.3 Å². The maximum Gasteiger partial charge on any atom is 0.238 e. The minimum absolute atomic E-state index is 0.0336. The van der Waals surface area contributed by atoms with E-state index in [9.17, 15) is 9.18 Å². The fraction of sp³-hybridized carbons (Fsp3) is 0.240. The van der Waals surface area contributed by atoms with E-state index in [-0.39, 0.29) is 24.3 Å². The van der Waals surface area contributed by atoms with E-state index in [2.05, 4.69) is 17.6 Å². The Morgan fingerprint density at radius 3 is 2.39 bits per heavy atom. The van der Waals surface area contributed by atoms with Crippen LogP contribution in [0.2, 0.25) is 0 Å². The minimum atomic E-state index is -0.329. The first kappa shape index (κ1) is 22.3. The summed E-state index contributed by atoms with van der Waals surface area (Å²) in [4.78, 5) is 12.6. The summed E-state index contributed by atoms with van der Waals surface area (Å²) in [5, 5.41) is 6.10. The van der Waals surface area contributed by atoms with E-state index >= 15 is 0 Å². The van der Waals surface area contributed by atoms with Crippen LogP contribution >= 0.6 is 0 Å². The molecular formula is C25H27FN2O3. The third kappa shape index (κ3) is 5.83. The Morgan fingerprint density at radius 2 is 1.74 bits per heavy atom. The van der Waals surface area contributed by atoms with Gasteiger partial charge in [0, 0.05) is 6.07 Å². The van der Waals surface area contributed by atoms with Crippen LogP contribution in [0.25, 0.3) is 0 Å². The second-order valence-electron chi connectivity index (χ2n) is 7.08. The van der Waals surface area contributed by atoms with Crippen molar-refractivity contribution in [1.82, 2.24) is 5.32 Å². The highest BCUT2D eigenvalue weighted by atomic mass is 19.1. The third-order valence-electron chi connectivity index (χ3n) is 5.05. The van der Waals surface area contributed by atoms with Crippen molar-refractivity contribution in [3.05, 3.63) is 89.2 Å². The van der Waals surface area contributed by atoms with Crippen molar-refractivity contribution in [1.29, 1.82) is 0 Å². The molecule has 3 aromatic rings. The number of benzene rings is 3. The van der Waals surface area contributed by atoms with E-state index < -0.39 is 0 Å². The number of rotatable bonds is 9. The van der Waals surface area contributed by atoms with E-state index in [1.165, 1.54) is 24.8 Å². The van der Waals surface area contributed by atoms with Crippen LogP contribution in [0.15, 0.2) is 66.7 Å². The standard InChI is InChI=1S/C25H27FN2O3/c1-4-17-8-10-18(11-9-17)25(19-6-5-7-20(26)14-19)27-16-24(29)28-22-13-12-21(30-2)15-23(22)31-3/h5-15,25,27H,4,16H2,1-3H3,(H,28,29)/t25-/m1/s1. The molecule has 0 aliphatic rings. The number of hydrogen-bond donors (Lipinski definition) is 2. The normalized spacial score (nSPS) is 11.6. The average molecular weight is 423 g/mol. The Morgan fingerprint density at radius 1 is 0.968 bits per heavy atom. The van der Waals surface area contributed by atoms with E-state index in [4.69, 9.17) is 9.47 Å². The van der Waals surface area contributed by atoms with Gasteiger partial charge in [0.25, 0.3) is 0 Å². The molecule has 31 heavy (non-hydrogen) atoms. The molecule has 3 aromatic carbocycles. The average Bonchev–Trinajstić information content (AvgIpc) is 2.80. The van der Waals surface area contributed by atoms with Gasteiger partial charge in [-0.15, -0.1) is 0 Å². The predicted molar refractivity (Wildman–Crippen MR) is 120 cm³/mol. The van der Waals surface area contributed by atoms with Crippen molar-refractivity contribution in [2.75, 3.05) is 26.1 Å². The van der Waals surface area contributed by atoms with Gasteiger partial charge in [0.1, 0.15) is 17.3 Å². The molecular weight excluding hydrogens is 395 g/mol. The zero-order chi connectivity index (χ0) is 22.2. The maximum absolute atomic E-state index is 13.9. The van der Waals surface area contributed by atoms with Crippen molar-refractivity contribution in [3.63, 3.8) is 0 Å². The van der Waals surface area contributed by atoms with E-state index in [0.717, 1.165) is 17.5 Å². The number of ether oxygens (including phenoxy) is 2. The van der Waals surface area contributed by atoms with Crippen LogP contribution in [0.3, 0.4) is 0 Å². The Balaban J connectivity index is 1.76. The van der Waals surface area contributed by atoms with Crippen molar-refractivity contribution in [2.24, 2.45) is 0 Å². The highest BCUT2D eigenvalue weighted by Crippen LogP contribution is 2.29. The Labute approximate surface area is 182 Å². The summed E-state index contributed by atoms with van der Waals surface area (Å²) in [5.74, 6) is 0.580. The summed E-state index contributed by atoms with van der Waals surface area (Å²) in [5.41, 5.74) is 3.47. The molecule has 162 valence electrons. The van der Waals surface area contributed by atoms with Crippen LogP contribution in [0.4, 0.5) is 10.1 Å². The molecule has 0 radical (unpaired) electrons. The fourth-order valence-corrected chi connectivity index (χ4v) is 3.35. The Hall–Kier alpha value is -3.38. The van der Waals surface area contributed by atoms with Gasteiger partial charge in [-0.05, 0) is 47.4 Å². The lowest BCUT2D eigenvalue weighted by atomic mass is 9.97. The Bertz CT molecular complexity index is 1020. The van der Waals surface area contributed by atoms with Crippen LogP contribution in [0.5, 0.6) is 11.5 Å². The number of anilines is 1. The molecule has 0 saturated carbocycles. The highest BCUT2D eigenvalue weighted by Gasteiger charge is 2.17. The number of aryl methyl sites for hydroxylation is 1. The van der Waals surface area contributed by atoms with Gasteiger partial charge in [-0.25, -0.2) is 4.39 Å². The van der Waals surface area contributed by atoms with Gasteiger partial charge in [0.2, 0.25) is 5.91 Å². The number of carbonyl (C=O) groups excluding carboxylic acids is 1. The molecule has 0 aliphatic carbocycles. The molecule has 0 fully saturated rings. The highest BCUT2D eigenvalue weighted by molar-refractivity contribution is 5.93. The molecule has 1 amide bonds. The number of nitrogens with one attached hydrogen (secondary N) is 2. The van der Waals surface area contributed by atoms with Crippen LogP contribution in [0.1, 0.15) is 29.7 Å². The van der Waals surface area contributed by atoms with Crippen LogP contribution < -0.4 is 20.1 Å². The molecule has 0 saturated heterocycles. The molecule has 0 aromatic heterocycles. The molecule has 5 nitrogen and oxygen atoms in total. The first-order chi connectivity index (χ1) is 15.0. The zero-order valence-corrected chi connectivity index (χ0v) is 17.9. The van der Waals surface area contributed by atoms with Gasteiger partial charge in [0.15, 0.2) is 0 Å². The molecule has 0 aliphatic heterocycles. The Kier molecular flexibility index (Phi) is 7.62. The van der Waals surface area contributed by atoms with Gasteiger partial charge >= 0.3 is 0 Å². The van der Waals surface area contributed by atoms with Crippen LogP contribution in [-0.4, -0.2) is 26.7 Å². The monoisotopic (exact) mass is 422 g/mol. The second-order valence-corrected chi connectivity index (χ2v) is 7.08. The molecule has 0 heterocycles. The second kappa shape index (κ2) is 10.6. The van der Waals surface area contributed by atoms with Crippen molar-refractivity contribution in [3.8, 4) is 11.5 Å². The predicted octanol–water partition coefficient (Wildman–Crippen LogP) is 4.72. The molecule has 0 unspecified atom stereocenters. The largest absolute Gasteiger partial charge is 0.497 e. The smallest absolute Gasteiger partial charge is 0.238 e. The molecule has 1 atom stereocenters. The van der Waals surface area contributed by atoms with Crippen LogP contribution in [-0.2, 0) is 11.2 Å².